The average Bonchev–Trinajstić information content (AvgIpc) is 3.83. The summed E-state index contributed by atoms with van der Waals surface area (Å²) < 4.78 is 51.4. The molecule has 0 radical (unpaired) electrons. The number of nitrogens with zero attached hydrogens (tertiary/aromatic N) is 4. The first-order chi connectivity index (χ1) is 24.2. The maximum absolute atomic E-state index is 11.0. The van der Waals surface area contributed by atoms with Gasteiger partial charge < -0.3 is 19.3 Å². The van der Waals surface area contributed by atoms with Crippen LogP contribution in [-0.2, 0) is 0 Å². The third-order valence-corrected chi connectivity index (χ3v) is 8.72. The van der Waals surface area contributed by atoms with Crippen LogP contribution in [0.25, 0.3) is 50.0 Å². The van der Waals surface area contributed by atoms with Crippen molar-refractivity contribution < 1.29 is 16.4 Å². The van der Waals surface area contributed by atoms with Crippen molar-refractivity contribution in [3.05, 3.63) is 127 Å². The summed E-state index contributed by atoms with van der Waals surface area (Å²) in [5, 5.41) is 12.9. The Morgan fingerprint density at radius 2 is 1.54 bits per heavy atom. The van der Waals surface area contributed by atoms with Gasteiger partial charge in [-0.15, -0.1) is 0 Å². The Labute approximate surface area is 275 Å². The Kier molecular flexibility index (Phi) is 5.41. The van der Waals surface area contributed by atoms with Gasteiger partial charge in [-0.3, -0.25) is 4.57 Å². The van der Waals surface area contributed by atoms with Crippen molar-refractivity contribution in [3.8, 4) is 22.8 Å². The molecule has 0 saturated carbocycles. The number of phenolic OH excluding ortho intramolecular Hbond substituents is 1. The van der Waals surface area contributed by atoms with E-state index in [1.165, 1.54) is 6.92 Å². The van der Waals surface area contributed by atoms with E-state index in [4.69, 9.17) is 14.9 Å². The van der Waals surface area contributed by atoms with Gasteiger partial charge in [0.1, 0.15) is 22.8 Å². The number of rotatable bonds is 6. The summed E-state index contributed by atoms with van der Waals surface area (Å²) in [5.41, 5.74) is 6.35. The van der Waals surface area contributed by atoms with Gasteiger partial charge in [-0.25, -0.2) is 4.98 Å². The second-order valence-corrected chi connectivity index (χ2v) is 11.9. The zero-order valence-electron chi connectivity index (χ0n) is 30.8. The fourth-order valence-corrected chi connectivity index (χ4v) is 6.53. The van der Waals surface area contributed by atoms with Gasteiger partial charge in [0.05, 0.1) is 23.4 Å². The summed E-state index contributed by atoms with van der Waals surface area (Å²) in [7, 11) is 0. The lowest BCUT2D eigenvalue weighted by Gasteiger charge is -2.24. The number of aromatic hydroxyl groups is 1. The molecular weight excluding hydrogens is 568 g/mol. The molecule has 1 aliphatic heterocycles. The van der Waals surface area contributed by atoms with Crippen molar-refractivity contribution in [1.29, 1.82) is 0 Å². The molecule has 8 rings (SSSR count). The van der Waals surface area contributed by atoms with E-state index in [1.54, 1.807) is 32.0 Å². The molecule has 3 heterocycles. The number of aromatic nitrogens is 2. The predicted molar refractivity (Wildman–Crippen MR) is 189 cm³/mol. The van der Waals surface area contributed by atoms with Crippen molar-refractivity contribution in [2.75, 3.05) is 16.5 Å². The van der Waals surface area contributed by atoms with Crippen LogP contribution in [0.4, 0.5) is 11.4 Å². The molecule has 7 aromatic rings. The number of hydrogen-bond donors (Lipinski definition) is 1. The number of phenols is 1. The quantitative estimate of drug-likeness (QED) is 0.203. The van der Waals surface area contributed by atoms with Crippen molar-refractivity contribution in [2.45, 2.75) is 39.4 Å². The minimum atomic E-state index is -2.64. The van der Waals surface area contributed by atoms with Crippen molar-refractivity contribution in [2.24, 2.45) is 0 Å². The lowest BCUT2D eigenvalue weighted by atomic mass is 9.92. The molecule has 1 unspecified atom stereocenters. The number of furan rings is 1. The van der Waals surface area contributed by atoms with Crippen molar-refractivity contribution in [3.63, 3.8) is 0 Å². The van der Waals surface area contributed by atoms with E-state index in [0.29, 0.717) is 46.1 Å². The number of benzene rings is 5. The summed E-state index contributed by atoms with van der Waals surface area (Å²) in [4.78, 5) is 9.08. The van der Waals surface area contributed by atoms with Gasteiger partial charge in [0.2, 0.25) is 0 Å². The van der Waals surface area contributed by atoms with E-state index in [0.717, 1.165) is 33.1 Å². The molecule has 0 bridgehead atoms. The molecule has 0 amide bonds. The Bertz CT molecular complexity index is 2510. The monoisotopic (exact) mass is 609 g/mol. The molecule has 5 aromatic carbocycles. The molecule has 0 aliphatic carbocycles. The number of imidazole rings is 1. The smallest absolute Gasteiger partial charge is 0.162 e. The molecule has 6 heteroatoms. The Morgan fingerprint density at radius 3 is 2.39 bits per heavy atom. The SMILES string of the molecule is [2H]C(C)(C)c1cccc(C([2H])(C)C([2H])([2H])[2H])c1-n1c(-c2cccc(N3C=CN(c4c(O)ccc5c4oc4ccccc45)C3)c2)nc2ccccc21. The van der Waals surface area contributed by atoms with E-state index in [-0.39, 0.29) is 5.75 Å². The molecular formula is C40H36N4O2. The second kappa shape index (κ2) is 10.8. The van der Waals surface area contributed by atoms with Gasteiger partial charge in [0.25, 0.3) is 0 Å². The minimum absolute atomic E-state index is 0.112. The third-order valence-electron chi connectivity index (χ3n) is 8.72. The predicted octanol–water partition coefficient (Wildman–Crippen LogP) is 10.3. The topological polar surface area (TPSA) is 57.7 Å². The van der Waals surface area contributed by atoms with Crippen LogP contribution in [0.15, 0.2) is 120 Å². The van der Waals surface area contributed by atoms with Crippen LogP contribution in [-0.4, -0.2) is 21.3 Å². The molecule has 2 aromatic heterocycles. The number of fused-ring (bicyclic) bond motifs is 4. The average molecular weight is 610 g/mol. The van der Waals surface area contributed by atoms with Gasteiger partial charge >= 0.3 is 0 Å². The normalized spacial score (nSPS) is 16.8. The molecule has 0 saturated heterocycles. The standard InChI is InChI=1S/C40H36N4O2/c1-25(2)29-14-10-15-30(26(3)4)37(29)44-34-17-7-6-16-33(34)41-40(44)27-11-9-12-28(23-27)42-21-22-43(24-42)38-35(45)20-19-32-31-13-5-8-18-36(31)46-39(32)38/h5-23,25-26,45H,24H2,1-4H3/i1D3,25D,26D. The lowest BCUT2D eigenvalue weighted by molar-refractivity contribution is 0.475. The highest BCUT2D eigenvalue weighted by Crippen LogP contribution is 2.43. The molecule has 228 valence electrons. The molecule has 0 spiro atoms. The molecule has 1 aliphatic rings. The molecule has 1 atom stereocenters. The highest BCUT2D eigenvalue weighted by atomic mass is 16.3. The van der Waals surface area contributed by atoms with Gasteiger partial charge in [0, 0.05) is 41.3 Å². The second-order valence-electron chi connectivity index (χ2n) is 11.9. The summed E-state index contributed by atoms with van der Waals surface area (Å²) in [5.74, 6) is -2.44. The van der Waals surface area contributed by atoms with Crippen molar-refractivity contribution >= 4 is 44.3 Å². The number of anilines is 2. The van der Waals surface area contributed by atoms with Crippen molar-refractivity contribution in [1.82, 2.24) is 9.55 Å². The van der Waals surface area contributed by atoms with Crippen LogP contribution >= 0.6 is 0 Å². The van der Waals surface area contributed by atoms with Gasteiger partial charge in [0.15, 0.2) is 5.58 Å². The first kappa shape index (κ1) is 22.9. The van der Waals surface area contributed by atoms with Crippen LogP contribution in [0.2, 0.25) is 0 Å². The summed E-state index contributed by atoms with van der Waals surface area (Å²) in [6.07, 6.45) is 3.85. The van der Waals surface area contributed by atoms with Crippen LogP contribution < -0.4 is 9.80 Å². The summed E-state index contributed by atoms with van der Waals surface area (Å²) in [6, 6.07) is 32.2. The first-order valence-electron chi connectivity index (χ1n) is 17.8. The minimum Gasteiger partial charge on any atom is -0.506 e. The van der Waals surface area contributed by atoms with Crippen LogP contribution in [0, 0.1) is 0 Å². The Morgan fingerprint density at radius 1 is 0.783 bits per heavy atom. The highest BCUT2D eigenvalue weighted by Gasteiger charge is 2.25. The molecule has 46 heavy (non-hydrogen) atoms. The highest BCUT2D eigenvalue weighted by molar-refractivity contribution is 6.10. The maximum Gasteiger partial charge on any atom is 0.162 e. The number of para-hydroxylation sites is 4. The molecule has 0 fully saturated rings. The first-order valence-corrected chi connectivity index (χ1v) is 15.3. The zero-order chi connectivity index (χ0) is 35.9. The zero-order valence-corrected chi connectivity index (χ0v) is 25.8. The molecule has 1 N–H and O–H groups in total. The van der Waals surface area contributed by atoms with Gasteiger partial charge in [-0.2, -0.15) is 0 Å². The lowest BCUT2D eigenvalue weighted by Crippen LogP contribution is -2.24. The summed E-state index contributed by atoms with van der Waals surface area (Å²) in [6.45, 7) is 2.70. The van der Waals surface area contributed by atoms with Crippen LogP contribution in [0.5, 0.6) is 5.75 Å². The largest absolute Gasteiger partial charge is 0.506 e. The van der Waals surface area contributed by atoms with Crippen LogP contribution in [0.1, 0.15) is 57.4 Å². The molecule has 6 nitrogen and oxygen atoms in total. The summed E-state index contributed by atoms with van der Waals surface area (Å²) >= 11 is 0. The van der Waals surface area contributed by atoms with E-state index < -0.39 is 18.6 Å². The van der Waals surface area contributed by atoms with E-state index in [9.17, 15) is 6.48 Å². The van der Waals surface area contributed by atoms with Gasteiger partial charge in [-0.05, 0) is 65.4 Å². The van der Waals surface area contributed by atoms with E-state index >= 15 is 0 Å². The van der Waals surface area contributed by atoms with Crippen LogP contribution in [0.3, 0.4) is 0 Å². The third kappa shape index (κ3) is 4.44. The van der Waals surface area contributed by atoms with Gasteiger partial charge in [-0.1, -0.05) is 88.3 Å². The number of hydrogen-bond acceptors (Lipinski definition) is 5. The maximum atomic E-state index is 11.0. The fourth-order valence-electron chi connectivity index (χ4n) is 6.53. The Balaban J connectivity index is 1.25. The van der Waals surface area contributed by atoms with E-state index in [1.807, 2.05) is 107 Å². The Hall–Kier alpha value is -5.49. The van der Waals surface area contributed by atoms with E-state index in [2.05, 4.69) is 4.90 Å². The fraction of sp³-hybridized carbons (Fsp3) is 0.175.